The van der Waals surface area contributed by atoms with Crippen LogP contribution in [0, 0.1) is 0 Å². The number of halogens is 4. The van der Waals surface area contributed by atoms with Crippen LogP contribution in [-0.2, 0) is 0 Å². The van der Waals surface area contributed by atoms with Crippen LogP contribution in [-0.4, -0.2) is 33.4 Å². The second kappa shape index (κ2) is 7.06. The predicted octanol–water partition coefficient (Wildman–Crippen LogP) is 4.98. The molecule has 2 amide bonds. The summed E-state index contributed by atoms with van der Waals surface area (Å²) in [5.74, 6) is -1.76. The number of nitrogens with zero attached hydrogens (tertiary/aromatic N) is 3. The van der Waals surface area contributed by atoms with Crippen molar-refractivity contribution in [2.75, 3.05) is 4.90 Å². The van der Waals surface area contributed by atoms with Crippen molar-refractivity contribution in [2.45, 2.75) is 6.36 Å². The maximum Gasteiger partial charge on any atom is 0.573 e. The third kappa shape index (κ3) is 3.25. The predicted molar refractivity (Wildman–Crippen MR) is 109 cm³/mol. The minimum Gasteiger partial charge on any atom is -0.406 e. The van der Waals surface area contributed by atoms with Gasteiger partial charge in [-0.05, 0) is 36.4 Å². The van der Waals surface area contributed by atoms with Crippen molar-refractivity contribution in [1.82, 2.24) is 15.2 Å². The summed E-state index contributed by atoms with van der Waals surface area (Å²) in [4.78, 5) is 31.3. The third-order valence-electron chi connectivity index (χ3n) is 4.89. The summed E-state index contributed by atoms with van der Waals surface area (Å²) in [6.07, 6.45) is -3.60. The van der Waals surface area contributed by atoms with E-state index in [4.69, 9.17) is 11.6 Å². The largest absolute Gasteiger partial charge is 0.573 e. The van der Waals surface area contributed by atoms with Crippen molar-refractivity contribution < 1.29 is 27.5 Å². The number of ether oxygens (including phenoxy) is 1. The van der Waals surface area contributed by atoms with E-state index in [0.717, 1.165) is 17.0 Å². The van der Waals surface area contributed by atoms with E-state index in [1.807, 2.05) is 0 Å². The summed E-state index contributed by atoms with van der Waals surface area (Å²) >= 11 is 5.95. The molecule has 32 heavy (non-hydrogen) atoms. The number of fused-ring (bicyclic) bond motifs is 3. The summed E-state index contributed by atoms with van der Waals surface area (Å²) in [6, 6.07) is 11.2. The molecule has 1 aliphatic rings. The number of imide groups is 1. The number of aromatic amines is 1. The quantitative estimate of drug-likeness (QED) is 0.437. The molecule has 2 aromatic heterocycles. The van der Waals surface area contributed by atoms with Crippen molar-refractivity contribution in [2.24, 2.45) is 0 Å². The van der Waals surface area contributed by atoms with E-state index in [1.54, 1.807) is 24.3 Å². The maximum atomic E-state index is 13.3. The lowest BCUT2D eigenvalue weighted by Crippen LogP contribution is -2.29. The van der Waals surface area contributed by atoms with E-state index in [0.29, 0.717) is 21.7 Å². The highest BCUT2D eigenvalue weighted by molar-refractivity contribution is 6.38. The van der Waals surface area contributed by atoms with Gasteiger partial charge in [0.25, 0.3) is 11.8 Å². The van der Waals surface area contributed by atoms with Crippen molar-refractivity contribution in [3.8, 4) is 17.0 Å². The van der Waals surface area contributed by atoms with Gasteiger partial charge < -0.3 is 4.74 Å². The Bertz CT molecular complexity index is 1380. The molecule has 0 aliphatic carbocycles. The number of hydrogen-bond donors (Lipinski definition) is 1. The average Bonchev–Trinajstić information content (AvgIpc) is 3.27. The molecule has 0 saturated carbocycles. The third-order valence-corrected chi connectivity index (χ3v) is 5.15. The van der Waals surface area contributed by atoms with Crippen molar-refractivity contribution >= 4 is 40.1 Å². The van der Waals surface area contributed by atoms with Gasteiger partial charge >= 0.3 is 6.36 Å². The summed E-state index contributed by atoms with van der Waals surface area (Å²) < 4.78 is 41.0. The van der Waals surface area contributed by atoms with Crippen LogP contribution in [0.2, 0.25) is 5.02 Å². The van der Waals surface area contributed by atoms with E-state index in [2.05, 4.69) is 19.9 Å². The zero-order valence-electron chi connectivity index (χ0n) is 15.8. The van der Waals surface area contributed by atoms with Crippen LogP contribution in [0.15, 0.2) is 54.7 Å². The molecule has 5 rings (SSSR count). The smallest absolute Gasteiger partial charge is 0.406 e. The lowest BCUT2D eigenvalue weighted by atomic mass is 10.0. The minimum absolute atomic E-state index is 0.0646. The Morgan fingerprint density at radius 2 is 1.66 bits per heavy atom. The molecule has 0 saturated heterocycles. The zero-order chi connectivity index (χ0) is 22.6. The van der Waals surface area contributed by atoms with Gasteiger partial charge in [0.1, 0.15) is 5.75 Å². The van der Waals surface area contributed by atoms with Crippen LogP contribution in [0.3, 0.4) is 0 Å². The highest BCUT2D eigenvalue weighted by Crippen LogP contribution is 2.37. The molecule has 0 spiro atoms. The summed E-state index contributed by atoms with van der Waals surface area (Å²) in [7, 11) is 0. The fourth-order valence-electron chi connectivity index (χ4n) is 3.55. The molecule has 0 radical (unpaired) electrons. The van der Waals surface area contributed by atoms with Gasteiger partial charge in [0.05, 0.1) is 27.9 Å². The van der Waals surface area contributed by atoms with Gasteiger partial charge in [-0.2, -0.15) is 5.10 Å². The number of amides is 2. The number of hydrogen-bond acceptors (Lipinski definition) is 5. The van der Waals surface area contributed by atoms with Gasteiger partial charge in [0.2, 0.25) is 0 Å². The number of benzene rings is 2. The highest BCUT2D eigenvalue weighted by Gasteiger charge is 2.40. The standard InChI is InChI=1S/C21H10ClF3N4O3/c22-11-3-1-10(2-4-11)17-16-15-14(9-26-18(16)28-27-17)19(30)29(20(15)31)12-5-7-13(8-6-12)32-21(23,24)25/h1-9H,(H,26,27,28). The molecule has 1 aliphatic heterocycles. The molecule has 0 unspecified atom stereocenters. The number of aromatic nitrogens is 3. The van der Waals surface area contributed by atoms with Gasteiger partial charge in [-0.25, -0.2) is 9.88 Å². The second-order valence-corrected chi connectivity index (χ2v) is 7.27. The van der Waals surface area contributed by atoms with E-state index < -0.39 is 23.9 Å². The Morgan fingerprint density at radius 1 is 0.969 bits per heavy atom. The Balaban J connectivity index is 1.58. The molecule has 1 N–H and O–H groups in total. The molecule has 160 valence electrons. The lowest BCUT2D eigenvalue weighted by Gasteiger charge is -2.15. The van der Waals surface area contributed by atoms with Gasteiger partial charge in [0, 0.05) is 16.8 Å². The van der Waals surface area contributed by atoms with Crippen molar-refractivity contribution in [1.29, 1.82) is 0 Å². The first kappa shape index (κ1) is 20.0. The molecular weight excluding hydrogens is 449 g/mol. The Morgan fingerprint density at radius 3 is 2.31 bits per heavy atom. The molecule has 7 nitrogen and oxygen atoms in total. The van der Waals surface area contributed by atoms with Crippen molar-refractivity contribution in [3.63, 3.8) is 0 Å². The molecule has 4 aromatic rings. The van der Waals surface area contributed by atoms with Crippen LogP contribution in [0.1, 0.15) is 20.7 Å². The van der Waals surface area contributed by atoms with Crippen molar-refractivity contribution in [3.05, 3.63) is 70.9 Å². The first-order chi connectivity index (χ1) is 15.2. The number of H-pyrrole nitrogens is 1. The number of pyridine rings is 1. The van der Waals surface area contributed by atoms with E-state index in [-0.39, 0.29) is 22.5 Å². The fourth-order valence-corrected chi connectivity index (χ4v) is 3.68. The normalized spacial score (nSPS) is 13.7. The van der Waals surface area contributed by atoms with Crippen LogP contribution < -0.4 is 9.64 Å². The monoisotopic (exact) mass is 458 g/mol. The first-order valence-electron chi connectivity index (χ1n) is 9.10. The van der Waals surface area contributed by atoms with E-state index in [9.17, 15) is 22.8 Å². The van der Waals surface area contributed by atoms with Gasteiger partial charge in [-0.1, -0.05) is 23.7 Å². The van der Waals surface area contributed by atoms with Crippen LogP contribution in [0.25, 0.3) is 22.3 Å². The number of nitrogens with one attached hydrogen (secondary N) is 1. The SMILES string of the molecule is O=C1c2cnc3n[nH]c(-c4ccc(Cl)cc4)c3c2C(=O)N1c1ccc(OC(F)(F)F)cc1. The van der Waals surface area contributed by atoms with Crippen LogP contribution >= 0.6 is 11.6 Å². The zero-order valence-corrected chi connectivity index (χ0v) is 16.5. The van der Waals surface area contributed by atoms with Gasteiger partial charge in [-0.15, -0.1) is 13.2 Å². The molecule has 0 fully saturated rings. The van der Waals surface area contributed by atoms with Crippen LogP contribution in [0.4, 0.5) is 18.9 Å². The second-order valence-electron chi connectivity index (χ2n) is 6.84. The molecule has 0 bridgehead atoms. The minimum atomic E-state index is -4.85. The molecular formula is C21H10ClF3N4O3. The lowest BCUT2D eigenvalue weighted by molar-refractivity contribution is -0.274. The fraction of sp³-hybridized carbons (Fsp3) is 0.0476. The Labute approximate surface area is 182 Å². The average molecular weight is 459 g/mol. The first-order valence-corrected chi connectivity index (χ1v) is 9.48. The molecule has 2 aromatic carbocycles. The Hall–Kier alpha value is -3.92. The van der Waals surface area contributed by atoms with E-state index >= 15 is 0 Å². The number of anilines is 1. The highest BCUT2D eigenvalue weighted by atomic mass is 35.5. The molecule has 3 heterocycles. The van der Waals surface area contributed by atoms with Crippen LogP contribution in [0.5, 0.6) is 5.75 Å². The summed E-state index contributed by atoms with van der Waals surface area (Å²) in [5.41, 5.74) is 1.67. The summed E-state index contributed by atoms with van der Waals surface area (Å²) in [5, 5.41) is 7.85. The number of carbonyl (C=O) groups is 2. The van der Waals surface area contributed by atoms with E-state index in [1.165, 1.54) is 18.3 Å². The number of carbonyl (C=O) groups excluding carboxylic acids is 2. The topological polar surface area (TPSA) is 88.2 Å². The molecule has 0 atom stereocenters. The summed E-state index contributed by atoms with van der Waals surface area (Å²) in [6.45, 7) is 0. The number of alkyl halides is 3. The Kier molecular flexibility index (Phi) is 4.41. The number of rotatable bonds is 3. The molecule has 11 heteroatoms. The maximum absolute atomic E-state index is 13.3. The van der Waals surface area contributed by atoms with Gasteiger partial charge in [0.15, 0.2) is 5.65 Å². The van der Waals surface area contributed by atoms with Gasteiger partial charge in [-0.3, -0.25) is 14.7 Å².